The number of hydrogen-bond donors (Lipinski definition) is 1. The fourth-order valence-corrected chi connectivity index (χ4v) is 2.61. The molecule has 2 rings (SSSR count). The molecule has 120 valence electrons. The van der Waals surface area contributed by atoms with Gasteiger partial charge in [-0.05, 0) is 24.3 Å². The van der Waals surface area contributed by atoms with E-state index in [2.05, 4.69) is 5.32 Å². The zero-order valence-electron chi connectivity index (χ0n) is 12.3. The molecule has 0 fully saturated rings. The Morgan fingerprint density at radius 3 is 2.61 bits per heavy atom. The fraction of sp³-hybridized carbons (Fsp3) is 0.188. The minimum Gasteiger partial charge on any atom is -0.454 e. The first kappa shape index (κ1) is 16.8. The largest absolute Gasteiger partial charge is 0.454 e. The smallest absolute Gasteiger partial charge is 0.341 e. The van der Waals surface area contributed by atoms with Gasteiger partial charge in [0, 0.05) is 11.8 Å². The molecule has 1 aromatic carbocycles. The fourth-order valence-electron chi connectivity index (χ4n) is 1.74. The summed E-state index contributed by atoms with van der Waals surface area (Å²) in [4.78, 5) is 35.7. The van der Waals surface area contributed by atoms with Crippen LogP contribution in [0.2, 0.25) is 0 Å². The molecule has 2 aromatic rings. The van der Waals surface area contributed by atoms with Crippen LogP contribution >= 0.6 is 11.3 Å². The molecule has 0 aliphatic heterocycles. The van der Waals surface area contributed by atoms with Crippen LogP contribution in [0.15, 0.2) is 36.4 Å². The number of nitrogens with one attached hydrogen (secondary N) is 1. The molecule has 5 nitrogen and oxygen atoms in total. The Bertz CT molecular complexity index is 741. The third kappa shape index (κ3) is 4.72. The normalized spacial score (nSPS) is 10.2. The van der Waals surface area contributed by atoms with Crippen LogP contribution in [-0.4, -0.2) is 24.3 Å². The van der Waals surface area contributed by atoms with Crippen LogP contribution in [0.25, 0.3) is 0 Å². The first-order valence-corrected chi connectivity index (χ1v) is 7.57. The van der Waals surface area contributed by atoms with E-state index in [1.54, 1.807) is 12.1 Å². The molecule has 1 aromatic heterocycles. The van der Waals surface area contributed by atoms with Crippen LogP contribution in [0.3, 0.4) is 0 Å². The zero-order valence-corrected chi connectivity index (χ0v) is 13.1. The average molecular weight is 335 g/mol. The van der Waals surface area contributed by atoms with Gasteiger partial charge in [-0.2, -0.15) is 0 Å². The Labute approximate surface area is 136 Å². The highest BCUT2D eigenvalue weighted by Crippen LogP contribution is 2.17. The number of rotatable bonds is 6. The van der Waals surface area contributed by atoms with E-state index in [1.807, 2.05) is 0 Å². The molecule has 0 saturated heterocycles. The summed E-state index contributed by atoms with van der Waals surface area (Å²) in [5.74, 6) is -2.12. The Morgan fingerprint density at radius 2 is 1.91 bits per heavy atom. The van der Waals surface area contributed by atoms with Crippen molar-refractivity contribution in [2.75, 3.05) is 6.61 Å². The molecule has 0 radical (unpaired) electrons. The molecule has 23 heavy (non-hydrogen) atoms. The second-order valence-corrected chi connectivity index (χ2v) is 5.82. The highest BCUT2D eigenvalue weighted by Gasteiger charge is 2.16. The molecule has 0 bridgehead atoms. The van der Waals surface area contributed by atoms with Crippen LogP contribution in [-0.2, 0) is 16.1 Å². The van der Waals surface area contributed by atoms with Gasteiger partial charge in [0.05, 0.1) is 17.0 Å². The van der Waals surface area contributed by atoms with Crippen molar-refractivity contribution in [3.8, 4) is 0 Å². The van der Waals surface area contributed by atoms with Gasteiger partial charge in [0.1, 0.15) is 5.82 Å². The average Bonchev–Trinajstić information content (AvgIpc) is 3.00. The van der Waals surface area contributed by atoms with Crippen molar-refractivity contribution < 1.29 is 23.5 Å². The van der Waals surface area contributed by atoms with Crippen molar-refractivity contribution in [3.63, 3.8) is 0 Å². The molecule has 0 saturated carbocycles. The van der Waals surface area contributed by atoms with Crippen LogP contribution < -0.4 is 5.32 Å². The van der Waals surface area contributed by atoms with E-state index in [1.165, 1.54) is 36.5 Å². The molecule has 0 aliphatic carbocycles. The minimum atomic E-state index is -0.883. The monoisotopic (exact) mass is 335 g/mol. The van der Waals surface area contributed by atoms with E-state index in [-0.39, 0.29) is 17.3 Å². The molecule has 0 atom stereocenters. The molecular weight excluding hydrogens is 321 g/mol. The number of ketones is 1. The topological polar surface area (TPSA) is 72.5 Å². The van der Waals surface area contributed by atoms with Gasteiger partial charge in [0.15, 0.2) is 6.61 Å². The number of amides is 1. The van der Waals surface area contributed by atoms with Crippen molar-refractivity contribution in [2.24, 2.45) is 0 Å². The predicted octanol–water partition coefficient (Wildman–Crippen LogP) is 2.56. The zero-order chi connectivity index (χ0) is 16.8. The SMILES string of the molecule is CC(=O)NCc1ccc(C(=O)COC(=O)c2ccccc2F)s1. The number of ether oxygens (including phenoxy) is 1. The summed E-state index contributed by atoms with van der Waals surface area (Å²) in [7, 11) is 0. The lowest BCUT2D eigenvalue weighted by Crippen LogP contribution is -2.18. The van der Waals surface area contributed by atoms with Crippen molar-refractivity contribution in [1.82, 2.24) is 5.32 Å². The quantitative estimate of drug-likeness (QED) is 0.650. The van der Waals surface area contributed by atoms with Gasteiger partial charge in [-0.25, -0.2) is 9.18 Å². The number of carbonyl (C=O) groups is 3. The number of esters is 1. The molecule has 1 N–H and O–H groups in total. The summed E-state index contributed by atoms with van der Waals surface area (Å²) >= 11 is 1.20. The second-order valence-electron chi connectivity index (χ2n) is 4.65. The van der Waals surface area contributed by atoms with Gasteiger partial charge in [0.25, 0.3) is 0 Å². The lowest BCUT2D eigenvalue weighted by atomic mass is 10.2. The van der Waals surface area contributed by atoms with Crippen molar-refractivity contribution in [1.29, 1.82) is 0 Å². The van der Waals surface area contributed by atoms with Crippen molar-refractivity contribution in [2.45, 2.75) is 13.5 Å². The number of Topliss-reactive ketones (excluding diaryl/α,β-unsaturated/α-hetero) is 1. The van der Waals surface area contributed by atoms with Gasteiger partial charge in [-0.15, -0.1) is 11.3 Å². The van der Waals surface area contributed by atoms with Crippen molar-refractivity contribution >= 4 is 29.0 Å². The standard InChI is InChI=1S/C16H14FNO4S/c1-10(19)18-8-11-6-7-15(23-11)14(20)9-22-16(21)12-4-2-3-5-13(12)17/h2-7H,8-9H2,1H3,(H,18,19). The first-order chi connectivity index (χ1) is 11.0. The molecule has 0 aliphatic rings. The highest BCUT2D eigenvalue weighted by molar-refractivity contribution is 7.14. The minimum absolute atomic E-state index is 0.162. The molecule has 0 spiro atoms. The third-order valence-corrected chi connectivity index (χ3v) is 4.00. The van der Waals surface area contributed by atoms with Crippen LogP contribution in [0.1, 0.15) is 31.8 Å². The summed E-state index contributed by atoms with van der Waals surface area (Å²) < 4.78 is 18.3. The highest BCUT2D eigenvalue weighted by atomic mass is 32.1. The van der Waals surface area contributed by atoms with Gasteiger partial charge in [-0.3, -0.25) is 9.59 Å². The Kier molecular flexibility index (Phi) is 5.59. The lowest BCUT2D eigenvalue weighted by Gasteiger charge is -2.04. The van der Waals surface area contributed by atoms with E-state index >= 15 is 0 Å². The van der Waals surface area contributed by atoms with E-state index in [9.17, 15) is 18.8 Å². The van der Waals surface area contributed by atoms with Crippen LogP contribution in [0.4, 0.5) is 4.39 Å². The third-order valence-electron chi connectivity index (χ3n) is 2.88. The summed E-state index contributed by atoms with van der Waals surface area (Å²) in [6.45, 7) is 1.28. The summed E-state index contributed by atoms with van der Waals surface area (Å²) in [6.07, 6.45) is 0. The lowest BCUT2D eigenvalue weighted by molar-refractivity contribution is -0.119. The van der Waals surface area contributed by atoms with Gasteiger partial charge < -0.3 is 10.1 Å². The number of carbonyl (C=O) groups excluding carboxylic acids is 3. The molecule has 0 unspecified atom stereocenters. The van der Waals surface area contributed by atoms with Crippen LogP contribution in [0, 0.1) is 5.82 Å². The van der Waals surface area contributed by atoms with E-state index in [4.69, 9.17) is 4.74 Å². The maximum absolute atomic E-state index is 13.4. The first-order valence-electron chi connectivity index (χ1n) is 6.75. The Morgan fingerprint density at radius 1 is 1.17 bits per heavy atom. The van der Waals surface area contributed by atoms with E-state index in [0.29, 0.717) is 11.4 Å². The summed E-state index contributed by atoms with van der Waals surface area (Å²) in [5.41, 5.74) is -0.210. The molecule has 1 amide bonds. The maximum atomic E-state index is 13.4. The predicted molar refractivity (Wildman–Crippen MR) is 82.9 cm³/mol. The maximum Gasteiger partial charge on any atom is 0.341 e. The number of benzene rings is 1. The molecular formula is C16H14FNO4S. The van der Waals surface area contributed by atoms with E-state index < -0.39 is 18.4 Å². The van der Waals surface area contributed by atoms with Gasteiger partial charge in [-0.1, -0.05) is 12.1 Å². The summed E-state index contributed by atoms with van der Waals surface area (Å²) in [6, 6.07) is 8.72. The number of hydrogen-bond acceptors (Lipinski definition) is 5. The Hall–Kier alpha value is -2.54. The van der Waals surface area contributed by atoms with Gasteiger partial charge in [0.2, 0.25) is 11.7 Å². The van der Waals surface area contributed by atoms with Gasteiger partial charge >= 0.3 is 5.97 Å². The second kappa shape index (κ2) is 7.64. The molecule has 1 heterocycles. The van der Waals surface area contributed by atoms with E-state index in [0.717, 1.165) is 10.9 Å². The number of thiophene rings is 1. The Balaban J connectivity index is 1.91. The van der Waals surface area contributed by atoms with Crippen molar-refractivity contribution in [3.05, 3.63) is 57.5 Å². The van der Waals surface area contributed by atoms with Crippen LogP contribution in [0.5, 0.6) is 0 Å². The number of halogens is 1. The summed E-state index contributed by atoms with van der Waals surface area (Å²) in [5, 5.41) is 2.63. The molecule has 7 heteroatoms.